The van der Waals surface area contributed by atoms with Crippen LogP contribution in [-0.4, -0.2) is 16.9 Å². The molecule has 0 spiro atoms. The van der Waals surface area contributed by atoms with Crippen LogP contribution in [0, 0.1) is 17.1 Å². The number of benzene rings is 1. The molecule has 1 rings (SSSR count). The fourth-order valence-electron chi connectivity index (χ4n) is 0.639. The molecule has 0 aliphatic heterocycles. The molecule has 2 radical (unpaired) electrons. The van der Waals surface area contributed by atoms with Gasteiger partial charge in [0.25, 0.3) is 0 Å². The zero-order valence-electron chi connectivity index (χ0n) is 5.00. The molecule has 0 bridgehead atoms. The number of hydrogen-bond donors (Lipinski definition) is 0. The molecule has 1 aromatic carbocycles. The molecule has 1 aromatic rings. The maximum atomic E-state index is 12.5. The molecule has 0 aliphatic rings. The van der Waals surface area contributed by atoms with Crippen LogP contribution in [0.1, 0.15) is 5.56 Å². The Balaban J connectivity index is 3.22. The van der Waals surface area contributed by atoms with Crippen LogP contribution in [0.2, 0.25) is 0 Å². The molecule has 0 saturated heterocycles. The molecular weight excluding hydrogens is 192 g/mol. The molecule has 0 amide bonds. The van der Waals surface area contributed by atoms with E-state index in [-0.39, 0.29) is 5.82 Å². The fourth-order valence-corrected chi connectivity index (χ4v) is 1.19. The number of nitriles is 1. The average molecular weight is 195 g/mol. The van der Waals surface area contributed by atoms with Crippen LogP contribution in [0.5, 0.6) is 0 Å². The monoisotopic (exact) mass is 195 g/mol. The van der Waals surface area contributed by atoms with Crippen molar-refractivity contribution in [3.05, 3.63) is 29.6 Å². The Labute approximate surface area is 67.0 Å². The van der Waals surface area contributed by atoms with E-state index in [1.54, 1.807) is 6.07 Å². The summed E-state index contributed by atoms with van der Waals surface area (Å²) in [6, 6.07) is 6.04. The first-order chi connectivity index (χ1) is 4.72. The Morgan fingerprint density at radius 3 is 2.60 bits per heavy atom. The Morgan fingerprint density at radius 2 is 2.10 bits per heavy atom. The van der Waals surface area contributed by atoms with E-state index in [9.17, 15) is 4.39 Å². The first-order valence-electron chi connectivity index (χ1n) is 2.62. The van der Waals surface area contributed by atoms with E-state index >= 15 is 0 Å². The quantitative estimate of drug-likeness (QED) is 0.552. The van der Waals surface area contributed by atoms with Crippen molar-refractivity contribution >= 4 is 21.2 Å². The Bertz CT molecular complexity index is 270. The number of rotatable bonds is 0. The fraction of sp³-hybridized carbons (Fsp3) is 0. The summed E-state index contributed by atoms with van der Waals surface area (Å²) in [5.74, 6) is -0.366. The first kappa shape index (κ1) is 7.31. The minimum absolute atomic E-state index is 0.357. The number of halogens is 1. The average Bonchev–Trinajstić information content (AvgIpc) is 1.85. The van der Waals surface area contributed by atoms with Crippen LogP contribution >= 0.6 is 0 Å². The van der Waals surface area contributed by atoms with E-state index < -0.39 is 0 Å². The molecule has 0 heterocycles. The van der Waals surface area contributed by atoms with Gasteiger partial charge >= 0.3 is 66.5 Å². The van der Waals surface area contributed by atoms with Crippen molar-refractivity contribution in [3.63, 3.8) is 0 Å². The van der Waals surface area contributed by atoms with Gasteiger partial charge in [-0.3, -0.25) is 0 Å². The zero-order chi connectivity index (χ0) is 7.56. The second kappa shape index (κ2) is 2.85. The predicted molar refractivity (Wildman–Crippen MR) is 36.5 cm³/mol. The van der Waals surface area contributed by atoms with Crippen molar-refractivity contribution in [1.82, 2.24) is 0 Å². The molecular formula is C7H3AsFN. The van der Waals surface area contributed by atoms with E-state index in [4.69, 9.17) is 5.26 Å². The van der Waals surface area contributed by atoms with E-state index in [1.807, 2.05) is 6.07 Å². The topological polar surface area (TPSA) is 23.8 Å². The second-order valence-corrected chi connectivity index (χ2v) is 2.89. The first-order valence-corrected chi connectivity index (χ1v) is 3.56. The molecule has 0 aromatic heterocycles. The normalized spacial score (nSPS) is 8.90. The van der Waals surface area contributed by atoms with Crippen LogP contribution in [0.15, 0.2) is 18.2 Å². The van der Waals surface area contributed by atoms with Crippen molar-refractivity contribution in [2.45, 2.75) is 0 Å². The van der Waals surface area contributed by atoms with E-state index in [1.165, 1.54) is 12.1 Å². The van der Waals surface area contributed by atoms with E-state index in [0.717, 1.165) is 0 Å². The molecule has 10 heavy (non-hydrogen) atoms. The predicted octanol–water partition coefficient (Wildman–Crippen LogP) is 0.491. The summed E-state index contributed by atoms with van der Waals surface area (Å²) in [6.45, 7) is 0. The summed E-state index contributed by atoms with van der Waals surface area (Å²) in [4.78, 5) is 0. The SMILES string of the molecule is N#Cc1cc(F)cc([As])c1. The second-order valence-electron chi connectivity index (χ2n) is 1.81. The third-order valence-electron chi connectivity index (χ3n) is 1.01. The Kier molecular flexibility index (Phi) is 2.09. The van der Waals surface area contributed by atoms with Gasteiger partial charge in [-0.2, -0.15) is 0 Å². The summed E-state index contributed by atoms with van der Waals surface area (Å²) >= 11 is 2.19. The molecule has 0 N–H and O–H groups in total. The Morgan fingerprint density at radius 1 is 1.40 bits per heavy atom. The molecule has 0 fully saturated rings. The minimum atomic E-state index is -0.366. The van der Waals surface area contributed by atoms with E-state index in [2.05, 4.69) is 16.9 Å². The van der Waals surface area contributed by atoms with Crippen LogP contribution < -0.4 is 4.35 Å². The molecule has 0 saturated carbocycles. The van der Waals surface area contributed by atoms with Gasteiger partial charge in [0.2, 0.25) is 0 Å². The molecule has 48 valence electrons. The van der Waals surface area contributed by atoms with Crippen molar-refractivity contribution in [2.24, 2.45) is 0 Å². The summed E-state index contributed by atoms with van der Waals surface area (Å²) < 4.78 is 13.2. The summed E-state index contributed by atoms with van der Waals surface area (Å²) in [6.07, 6.45) is 0. The van der Waals surface area contributed by atoms with Gasteiger partial charge in [-0.1, -0.05) is 0 Å². The standard InChI is InChI=1S/C7H3AsFN/c8-6-1-5(4-10)2-7(9)3-6/h1-3H. The summed E-state index contributed by atoms with van der Waals surface area (Å²) in [7, 11) is 0. The number of nitrogens with zero attached hydrogens (tertiary/aromatic N) is 1. The van der Waals surface area contributed by atoms with Crippen molar-refractivity contribution in [3.8, 4) is 6.07 Å². The van der Waals surface area contributed by atoms with Crippen LogP contribution in [-0.2, 0) is 0 Å². The van der Waals surface area contributed by atoms with Gasteiger partial charge in [0, 0.05) is 0 Å². The van der Waals surface area contributed by atoms with Gasteiger partial charge < -0.3 is 0 Å². The molecule has 0 atom stereocenters. The van der Waals surface area contributed by atoms with Crippen LogP contribution in [0.4, 0.5) is 4.39 Å². The maximum absolute atomic E-state index is 12.5. The molecule has 1 nitrogen and oxygen atoms in total. The number of hydrogen-bond acceptors (Lipinski definition) is 1. The molecule has 0 unspecified atom stereocenters. The van der Waals surface area contributed by atoms with Gasteiger partial charge in [0.15, 0.2) is 0 Å². The van der Waals surface area contributed by atoms with E-state index in [0.29, 0.717) is 9.91 Å². The van der Waals surface area contributed by atoms with Crippen LogP contribution in [0.3, 0.4) is 0 Å². The van der Waals surface area contributed by atoms with Gasteiger partial charge in [-0.25, -0.2) is 0 Å². The van der Waals surface area contributed by atoms with Gasteiger partial charge in [-0.05, 0) is 0 Å². The Hall–Kier alpha value is -0.802. The van der Waals surface area contributed by atoms with Gasteiger partial charge in [0.05, 0.1) is 0 Å². The van der Waals surface area contributed by atoms with Gasteiger partial charge in [0.1, 0.15) is 0 Å². The van der Waals surface area contributed by atoms with Crippen molar-refractivity contribution in [1.29, 1.82) is 5.26 Å². The van der Waals surface area contributed by atoms with Crippen LogP contribution in [0.25, 0.3) is 0 Å². The third kappa shape index (κ3) is 1.59. The van der Waals surface area contributed by atoms with Gasteiger partial charge in [-0.15, -0.1) is 0 Å². The molecule has 3 heteroatoms. The molecule has 0 aliphatic carbocycles. The van der Waals surface area contributed by atoms with Crippen molar-refractivity contribution in [2.75, 3.05) is 0 Å². The zero-order valence-corrected chi connectivity index (χ0v) is 6.88. The summed E-state index contributed by atoms with van der Waals surface area (Å²) in [5.41, 5.74) is 0.357. The third-order valence-corrected chi connectivity index (χ3v) is 1.55. The van der Waals surface area contributed by atoms with Crippen molar-refractivity contribution < 1.29 is 4.39 Å². The summed E-state index contributed by atoms with van der Waals surface area (Å²) in [5, 5.41) is 8.36.